The van der Waals surface area contributed by atoms with Gasteiger partial charge in [0.05, 0.1) is 0 Å². The Labute approximate surface area is 438 Å². The molecule has 0 saturated carbocycles. The molecule has 1 aromatic heterocycles. The summed E-state index contributed by atoms with van der Waals surface area (Å²) in [7, 11) is 0. The summed E-state index contributed by atoms with van der Waals surface area (Å²) in [6.45, 7) is 1.08. The molecule has 0 spiro atoms. The monoisotopic (exact) mass is 1060 g/mol. The van der Waals surface area contributed by atoms with Gasteiger partial charge in [-0.3, -0.25) is 57.9 Å². The van der Waals surface area contributed by atoms with Crippen LogP contribution in [0.2, 0.25) is 0 Å². The number of carbonyl (C=O) groups excluding carboxylic acids is 10. The summed E-state index contributed by atoms with van der Waals surface area (Å²) in [4.78, 5) is 147. The van der Waals surface area contributed by atoms with Crippen molar-refractivity contribution in [1.29, 1.82) is 0 Å². The number of H-pyrrole nitrogens is 1. The van der Waals surface area contributed by atoms with Crippen LogP contribution in [0.5, 0.6) is 0 Å². The van der Waals surface area contributed by atoms with Crippen LogP contribution in [0.4, 0.5) is 0 Å². The van der Waals surface area contributed by atoms with Gasteiger partial charge in [0.15, 0.2) is 11.9 Å². The number of amides is 10. The molecule has 7 unspecified atom stereocenters. The van der Waals surface area contributed by atoms with Gasteiger partial charge in [0.1, 0.15) is 42.3 Å². The fourth-order valence-corrected chi connectivity index (χ4v) is 8.23. The summed E-state index contributed by atoms with van der Waals surface area (Å²) >= 11 is 0. The van der Waals surface area contributed by atoms with Gasteiger partial charge in [0, 0.05) is 69.3 Å². The fraction of sp³-hybridized carbons (Fsp3) is 0.469. The van der Waals surface area contributed by atoms with Gasteiger partial charge in [-0.15, -0.1) is 0 Å². The highest BCUT2D eigenvalue weighted by Crippen LogP contribution is 2.20. The fourth-order valence-electron chi connectivity index (χ4n) is 8.23. The first kappa shape index (κ1) is 59.8. The summed E-state index contributed by atoms with van der Waals surface area (Å²) in [5.74, 6) is -8.60. The first-order valence-corrected chi connectivity index (χ1v) is 24.8. The van der Waals surface area contributed by atoms with Crippen LogP contribution >= 0.6 is 0 Å². The van der Waals surface area contributed by atoms with Crippen molar-refractivity contribution >= 4 is 81.9 Å². The molecule has 3 aromatic rings. The number of aromatic nitrogens is 1. The number of guanidine groups is 2. The number of aromatic amines is 1. The quantitative estimate of drug-likeness (QED) is 0.0309. The van der Waals surface area contributed by atoms with E-state index >= 15 is 0 Å². The number of aliphatic imine (C=N–C) groups is 2. The molecule has 412 valence electrons. The van der Waals surface area contributed by atoms with E-state index in [1.807, 2.05) is 18.2 Å². The third-order valence-corrected chi connectivity index (χ3v) is 12.1. The molecule has 0 aliphatic carbocycles. The van der Waals surface area contributed by atoms with Crippen molar-refractivity contribution in [1.82, 2.24) is 47.5 Å². The van der Waals surface area contributed by atoms with Gasteiger partial charge in [-0.2, -0.15) is 0 Å². The van der Waals surface area contributed by atoms with Crippen molar-refractivity contribution in [2.24, 2.45) is 44.4 Å². The Hall–Kier alpha value is -8.78. The molecule has 10 amide bonds. The van der Waals surface area contributed by atoms with Gasteiger partial charge in [-0.25, -0.2) is 0 Å². The molecule has 1 saturated heterocycles. The van der Waals surface area contributed by atoms with E-state index in [4.69, 9.17) is 34.4 Å². The molecule has 76 heavy (non-hydrogen) atoms. The van der Waals surface area contributed by atoms with Crippen molar-refractivity contribution in [3.8, 4) is 0 Å². The van der Waals surface area contributed by atoms with Gasteiger partial charge < -0.3 is 81.9 Å². The number of primary amides is 2. The lowest BCUT2D eigenvalue weighted by molar-refractivity contribution is -0.136. The molecule has 27 heteroatoms. The number of para-hydroxylation sites is 1. The second-order valence-corrected chi connectivity index (χ2v) is 18.2. The van der Waals surface area contributed by atoms with Crippen molar-refractivity contribution in [3.05, 3.63) is 71.9 Å². The zero-order chi connectivity index (χ0) is 55.7. The maximum Gasteiger partial charge on any atom is 0.243 e. The number of nitrogens with zero attached hydrogens (tertiary/aromatic N) is 2. The number of hydrogen-bond acceptors (Lipinski definition) is 12. The Morgan fingerprint density at radius 2 is 1.25 bits per heavy atom. The number of nitrogens with one attached hydrogen (secondary N) is 9. The molecule has 0 radical (unpaired) electrons. The minimum Gasteiger partial charge on any atom is -0.370 e. The lowest BCUT2D eigenvalue weighted by atomic mass is 10.0. The van der Waals surface area contributed by atoms with E-state index in [2.05, 4.69) is 57.5 Å². The second kappa shape index (κ2) is 30.4. The first-order valence-electron chi connectivity index (χ1n) is 24.8. The van der Waals surface area contributed by atoms with Crippen LogP contribution in [-0.2, 0) is 60.8 Å². The summed E-state index contributed by atoms with van der Waals surface area (Å²) in [5, 5.41) is 21.8. The summed E-state index contributed by atoms with van der Waals surface area (Å²) in [6, 6.07) is 5.88. The number of carbonyl (C=O) groups is 10. The molecule has 1 aliphatic heterocycles. The molecule has 0 bridgehead atoms. The van der Waals surface area contributed by atoms with Crippen molar-refractivity contribution < 1.29 is 47.9 Å². The Kier molecular flexibility index (Phi) is 23.9. The third-order valence-electron chi connectivity index (χ3n) is 12.1. The second-order valence-electron chi connectivity index (χ2n) is 18.2. The summed E-state index contributed by atoms with van der Waals surface area (Å²) < 4.78 is 0. The van der Waals surface area contributed by atoms with Gasteiger partial charge in [-0.05, 0) is 68.6 Å². The van der Waals surface area contributed by atoms with E-state index in [-0.39, 0.29) is 102 Å². The Morgan fingerprint density at radius 1 is 0.671 bits per heavy atom. The lowest BCUT2D eigenvalue weighted by Gasteiger charge is -2.28. The van der Waals surface area contributed by atoms with Crippen molar-refractivity contribution in [3.63, 3.8) is 0 Å². The highest BCUT2D eigenvalue weighted by molar-refractivity contribution is 5.98. The Bertz CT molecular complexity index is 2580. The zero-order valence-corrected chi connectivity index (χ0v) is 42.4. The first-order chi connectivity index (χ1) is 36.2. The molecule has 1 fully saturated rings. The number of fused-ring (bicyclic) bond motifs is 1. The number of benzene rings is 2. The molecule has 21 N–H and O–H groups in total. The van der Waals surface area contributed by atoms with Crippen LogP contribution in [0.25, 0.3) is 10.9 Å². The SMILES string of the molecule is CC(=O)NC(CCCN=C(N)N)C(=O)NC1CCNC(=O)CCCC(C(N)=O)NC(=O)C(Cc2c[nH]c3ccccc23)NC(=O)C(CCCN=C(N)N)NC(=O)C(Cc2ccccc2)NC(=O)C(CCC(N)=O)NC1=O. The topological polar surface area (TPSA) is 464 Å². The molecule has 2 aromatic carbocycles. The smallest absolute Gasteiger partial charge is 0.243 e. The Morgan fingerprint density at radius 3 is 1.89 bits per heavy atom. The average Bonchev–Trinajstić information content (AvgIpc) is 3.77. The van der Waals surface area contributed by atoms with E-state index in [0.29, 0.717) is 11.1 Å². The number of hydrogen-bond donors (Lipinski definition) is 15. The largest absolute Gasteiger partial charge is 0.370 e. The van der Waals surface area contributed by atoms with Crippen LogP contribution in [0.3, 0.4) is 0 Å². The molecular formula is C49H71N17O10. The van der Waals surface area contributed by atoms with E-state index in [1.165, 1.54) is 6.92 Å². The van der Waals surface area contributed by atoms with E-state index in [1.54, 1.807) is 42.6 Å². The van der Waals surface area contributed by atoms with Crippen LogP contribution in [-0.4, -0.2) is 138 Å². The molecule has 27 nitrogen and oxygen atoms in total. The number of rotatable bonds is 19. The lowest BCUT2D eigenvalue weighted by Crippen LogP contribution is -2.60. The molecular weight excluding hydrogens is 987 g/mol. The van der Waals surface area contributed by atoms with Crippen LogP contribution in [0, 0.1) is 0 Å². The van der Waals surface area contributed by atoms with Gasteiger partial charge in [0.25, 0.3) is 0 Å². The highest BCUT2D eigenvalue weighted by Gasteiger charge is 2.35. The normalized spacial score (nSPS) is 20.9. The van der Waals surface area contributed by atoms with Crippen LogP contribution < -0.4 is 76.9 Å². The van der Waals surface area contributed by atoms with Gasteiger partial charge in [0.2, 0.25) is 59.1 Å². The molecule has 4 rings (SSSR count). The van der Waals surface area contributed by atoms with E-state index < -0.39 is 108 Å². The van der Waals surface area contributed by atoms with E-state index in [9.17, 15) is 47.9 Å². The maximum absolute atomic E-state index is 14.6. The number of nitrogens with two attached hydrogens (primary N) is 6. The molecule has 1 aliphatic rings. The average molecular weight is 1060 g/mol. The molecule has 2 heterocycles. The summed E-state index contributed by atoms with van der Waals surface area (Å²) in [6.07, 6.45) is 0.296. The van der Waals surface area contributed by atoms with Crippen molar-refractivity contribution in [2.45, 2.75) is 126 Å². The minimum atomic E-state index is -1.58. The summed E-state index contributed by atoms with van der Waals surface area (Å²) in [5.41, 5.74) is 35.2. The molecule has 7 atom stereocenters. The van der Waals surface area contributed by atoms with E-state index in [0.717, 1.165) is 10.9 Å². The highest BCUT2D eigenvalue weighted by atomic mass is 16.2. The van der Waals surface area contributed by atoms with Crippen LogP contribution in [0.1, 0.15) is 82.3 Å². The third kappa shape index (κ3) is 20.6. The Balaban J connectivity index is 1.78. The predicted octanol–water partition coefficient (Wildman–Crippen LogP) is -4.09. The predicted molar refractivity (Wildman–Crippen MR) is 280 cm³/mol. The minimum absolute atomic E-state index is 0.0167. The van der Waals surface area contributed by atoms with Gasteiger partial charge >= 0.3 is 0 Å². The van der Waals surface area contributed by atoms with Crippen LogP contribution in [0.15, 0.2) is 70.8 Å². The van der Waals surface area contributed by atoms with Gasteiger partial charge in [-0.1, -0.05) is 48.5 Å². The van der Waals surface area contributed by atoms with Crippen molar-refractivity contribution in [2.75, 3.05) is 19.6 Å². The maximum atomic E-state index is 14.6. The standard InChI is InChI=1S/C49H71N17O10/c1-27(67)60-33(15-8-21-57-48(52)53)42(71)64-36-20-23-56-40(69)17-7-14-32(41(51)70)61-47(76)38(25-29-26-59-31-13-6-5-12-30(29)31)66-43(72)34(16-9-22-58-49(54)55)62-46(75)37(24-28-10-3-2-4-11-28)65-44(73)35(63-45(36)74)18-19-39(50)68/h2-6,10-13,26,32-38,59H,7-9,14-25H2,1H3,(H2,50,68)(H2,51,70)(H,56,69)(H,60,67)(H,61,76)(H,62,75)(H,63,74)(H,64,71)(H,65,73)(H,66,72)(H4,52,53,57)(H4,54,55,58). The zero-order valence-electron chi connectivity index (χ0n) is 42.4.